The summed E-state index contributed by atoms with van der Waals surface area (Å²) in [7, 11) is 0. The van der Waals surface area contributed by atoms with Gasteiger partial charge in [0.1, 0.15) is 16.6 Å². The van der Waals surface area contributed by atoms with Gasteiger partial charge >= 0.3 is 5.97 Å². The van der Waals surface area contributed by atoms with Gasteiger partial charge in [0.25, 0.3) is 5.91 Å². The molecule has 1 aliphatic rings. The summed E-state index contributed by atoms with van der Waals surface area (Å²) in [6.07, 6.45) is 4.62. The summed E-state index contributed by atoms with van der Waals surface area (Å²) < 4.78 is 11.0. The SMILES string of the molecule is CCCCOc1ccc(/C=C2\SC(=S)N(CC(=O)OCCC)C2=O)cc1. The number of rotatable bonds is 9. The summed E-state index contributed by atoms with van der Waals surface area (Å²) in [4.78, 5) is 26.0. The highest BCUT2D eigenvalue weighted by Gasteiger charge is 2.33. The summed E-state index contributed by atoms with van der Waals surface area (Å²) in [5, 5.41) is 0. The average Bonchev–Trinajstić information content (AvgIpc) is 2.89. The summed E-state index contributed by atoms with van der Waals surface area (Å²) in [5.74, 6) is 0.0940. The van der Waals surface area contributed by atoms with Crippen LogP contribution in [0.25, 0.3) is 6.08 Å². The molecule has 1 aromatic carbocycles. The zero-order chi connectivity index (χ0) is 18.9. The largest absolute Gasteiger partial charge is 0.494 e. The van der Waals surface area contributed by atoms with Gasteiger partial charge < -0.3 is 9.47 Å². The lowest BCUT2D eigenvalue weighted by Gasteiger charge is -2.13. The van der Waals surface area contributed by atoms with Gasteiger partial charge in [-0.3, -0.25) is 14.5 Å². The van der Waals surface area contributed by atoms with Crippen molar-refractivity contribution in [2.24, 2.45) is 0 Å². The van der Waals surface area contributed by atoms with Crippen LogP contribution in [0.15, 0.2) is 29.2 Å². The van der Waals surface area contributed by atoms with E-state index in [1.54, 1.807) is 6.08 Å². The lowest BCUT2D eigenvalue weighted by atomic mass is 10.2. The predicted molar refractivity (Wildman–Crippen MR) is 108 cm³/mol. The number of hydrogen-bond donors (Lipinski definition) is 0. The Balaban J connectivity index is 1.99. The summed E-state index contributed by atoms with van der Waals surface area (Å²) >= 11 is 6.41. The van der Waals surface area contributed by atoms with Crippen molar-refractivity contribution < 1.29 is 19.1 Å². The molecule has 0 bridgehead atoms. The Kier molecular flexibility index (Phi) is 8.12. The van der Waals surface area contributed by atoms with Crippen molar-refractivity contribution in [2.45, 2.75) is 33.1 Å². The molecule has 0 spiro atoms. The van der Waals surface area contributed by atoms with Crippen LogP contribution in [0.2, 0.25) is 0 Å². The second-order valence-electron chi connectivity index (χ2n) is 5.76. The monoisotopic (exact) mass is 393 g/mol. The van der Waals surface area contributed by atoms with E-state index in [0.717, 1.165) is 30.6 Å². The molecule has 0 aromatic heterocycles. The van der Waals surface area contributed by atoms with Crippen LogP contribution in [0, 0.1) is 0 Å². The van der Waals surface area contributed by atoms with Gasteiger partial charge in [-0.25, -0.2) is 0 Å². The van der Waals surface area contributed by atoms with E-state index in [4.69, 9.17) is 21.7 Å². The zero-order valence-corrected chi connectivity index (χ0v) is 16.7. The maximum Gasteiger partial charge on any atom is 0.326 e. The molecule has 1 aromatic rings. The molecule has 0 aliphatic carbocycles. The van der Waals surface area contributed by atoms with Crippen LogP contribution in [0.3, 0.4) is 0 Å². The summed E-state index contributed by atoms with van der Waals surface area (Å²) in [5.41, 5.74) is 0.877. The number of thiocarbonyl (C=S) groups is 1. The highest BCUT2D eigenvalue weighted by molar-refractivity contribution is 8.26. The second-order valence-corrected chi connectivity index (χ2v) is 7.44. The first kappa shape index (κ1) is 20.5. The second kappa shape index (κ2) is 10.3. The summed E-state index contributed by atoms with van der Waals surface area (Å²) in [6, 6.07) is 7.54. The van der Waals surface area contributed by atoms with E-state index in [2.05, 4.69) is 6.92 Å². The van der Waals surface area contributed by atoms with E-state index < -0.39 is 5.97 Å². The van der Waals surface area contributed by atoms with Crippen molar-refractivity contribution >= 4 is 46.3 Å². The Labute approximate surface area is 163 Å². The fourth-order valence-corrected chi connectivity index (χ4v) is 3.43. The number of amides is 1. The van der Waals surface area contributed by atoms with Crippen LogP contribution >= 0.6 is 24.0 Å². The predicted octanol–water partition coefficient (Wildman–Crippen LogP) is 4.02. The molecule has 5 nitrogen and oxygen atoms in total. The third kappa shape index (κ3) is 5.85. The smallest absolute Gasteiger partial charge is 0.326 e. The molecule has 7 heteroatoms. The van der Waals surface area contributed by atoms with E-state index in [1.807, 2.05) is 31.2 Å². The highest BCUT2D eigenvalue weighted by Crippen LogP contribution is 2.32. The first-order chi connectivity index (χ1) is 12.5. The van der Waals surface area contributed by atoms with E-state index >= 15 is 0 Å². The normalized spacial score (nSPS) is 15.6. The van der Waals surface area contributed by atoms with Crippen molar-refractivity contribution in [2.75, 3.05) is 19.8 Å². The number of carbonyl (C=O) groups excluding carboxylic acids is 2. The number of hydrogen-bond acceptors (Lipinski definition) is 6. The molecular weight excluding hydrogens is 370 g/mol. The molecule has 1 saturated heterocycles. The van der Waals surface area contributed by atoms with Gasteiger partial charge in [0.05, 0.1) is 18.1 Å². The number of unbranched alkanes of at least 4 members (excludes halogenated alkanes) is 1. The van der Waals surface area contributed by atoms with Crippen LogP contribution in [-0.2, 0) is 14.3 Å². The fourth-order valence-electron chi connectivity index (χ4n) is 2.17. The van der Waals surface area contributed by atoms with E-state index in [9.17, 15) is 9.59 Å². The number of thioether (sulfide) groups is 1. The van der Waals surface area contributed by atoms with Crippen LogP contribution in [0.5, 0.6) is 5.75 Å². The molecule has 0 saturated carbocycles. The third-order valence-electron chi connectivity index (χ3n) is 3.57. The number of benzene rings is 1. The molecule has 0 atom stereocenters. The number of carbonyl (C=O) groups is 2. The van der Waals surface area contributed by atoms with Crippen molar-refractivity contribution in [1.29, 1.82) is 0 Å². The lowest BCUT2D eigenvalue weighted by molar-refractivity contribution is -0.146. The molecule has 1 aliphatic heterocycles. The van der Waals surface area contributed by atoms with Gasteiger partial charge in [-0.2, -0.15) is 0 Å². The molecule has 0 N–H and O–H groups in total. The standard InChI is InChI=1S/C19H23NO4S2/c1-3-5-11-23-15-8-6-14(7-9-15)12-16-18(22)20(19(25)26-16)13-17(21)24-10-4-2/h6-9,12H,3-5,10-11,13H2,1-2H3/b16-12-. The minimum absolute atomic E-state index is 0.147. The summed E-state index contributed by atoms with van der Waals surface area (Å²) in [6.45, 7) is 4.92. The first-order valence-corrected chi connectivity index (χ1v) is 9.91. The highest BCUT2D eigenvalue weighted by atomic mass is 32.2. The maximum atomic E-state index is 12.5. The topological polar surface area (TPSA) is 55.8 Å². The lowest BCUT2D eigenvalue weighted by Crippen LogP contribution is -2.34. The quantitative estimate of drug-likeness (QED) is 0.273. The minimum atomic E-state index is -0.446. The molecule has 2 rings (SSSR count). The maximum absolute atomic E-state index is 12.5. The Morgan fingerprint density at radius 2 is 1.92 bits per heavy atom. The Hall–Kier alpha value is -1.86. The number of nitrogens with zero attached hydrogens (tertiary/aromatic N) is 1. The molecule has 1 heterocycles. The Morgan fingerprint density at radius 1 is 1.19 bits per heavy atom. The first-order valence-electron chi connectivity index (χ1n) is 8.69. The van der Waals surface area contributed by atoms with Crippen LogP contribution in [0.4, 0.5) is 0 Å². The zero-order valence-electron chi connectivity index (χ0n) is 15.0. The van der Waals surface area contributed by atoms with Gasteiger partial charge in [0.2, 0.25) is 0 Å². The van der Waals surface area contributed by atoms with Crippen molar-refractivity contribution in [3.63, 3.8) is 0 Å². The van der Waals surface area contributed by atoms with Crippen molar-refractivity contribution in [3.05, 3.63) is 34.7 Å². The number of esters is 1. The van der Waals surface area contributed by atoms with Crippen LogP contribution in [-0.4, -0.2) is 40.9 Å². The fraction of sp³-hybridized carbons (Fsp3) is 0.421. The van der Waals surface area contributed by atoms with E-state index in [1.165, 1.54) is 16.7 Å². The Bertz CT molecular complexity index is 685. The van der Waals surface area contributed by atoms with E-state index in [-0.39, 0.29) is 12.5 Å². The molecule has 140 valence electrons. The van der Waals surface area contributed by atoms with Crippen molar-refractivity contribution in [3.8, 4) is 5.75 Å². The minimum Gasteiger partial charge on any atom is -0.494 e. The molecule has 1 fully saturated rings. The van der Waals surface area contributed by atoms with E-state index in [0.29, 0.717) is 22.4 Å². The van der Waals surface area contributed by atoms with Gasteiger partial charge in [0.15, 0.2) is 0 Å². The molecule has 0 unspecified atom stereocenters. The number of ether oxygens (including phenoxy) is 2. The third-order valence-corrected chi connectivity index (χ3v) is 4.95. The van der Waals surface area contributed by atoms with Gasteiger partial charge in [-0.1, -0.05) is 56.4 Å². The van der Waals surface area contributed by atoms with Gasteiger partial charge in [-0.05, 0) is 36.6 Å². The van der Waals surface area contributed by atoms with Gasteiger partial charge in [-0.15, -0.1) is 0 Å². The Morgan fingerprint density at radius 3 is 2.58 bits per heavy atom. The molecule has 1 amide bonds. The average molecular weight is 394 g/mol. The van der Waals surface area contributed by atoms with Crippen LogP contribution < -0.4 is 4.74 Å². The van der Waals surface area contributed by atoms with Crippen molar-refractivity contribution in [1.82, 2.24) is 4.90 Å². The van der Waals surface area contributed by atoms with Gasteiger partial charge in [0, 0.05) is 0 Å². The molecule has 26 heavy (non-hydrogen) atoms. The molecule has 0 radical (unpaired) electrons. The van der Waals surface area contributed by atoms with Crippen LogP contribution in [0.1, 0.15) is 38.7 Å². The molecular formula is C19H23NO4S2.